The maximum Gasteiger partial charge on any atom is 0.349 e. The van der Waals surface area contributed by atoms with Gasteiger partial charge in [0.05, 0.1) is 19.8 Å². The molecule has 1 amide bonds. The lowest BCUT2D eigenvalue weighted by Crippen LogP contribution is -2.32. The molecule has 0 bridgehead atoms. The van der Waals surface area contributed by atoms with Gasteiger partial charge in [0.1, 0.15) is 12.4 Å². The van der Waals surface area contributed by atoms with E-state index in [9.17, 15) is 13.6 Å². The van der Waals surface area contributed by atoms with E-state index in [2.05, 4.69) is 5.73 Å². The summed E-state index contributed by atoms with van der Waals surface area (Å²) < 4.78 is 42.0. The molecule has 0 atom stereocenters. The Morgan fingerprint density at radius 1 is 1.25 bits per heavy atom. The molecule has 0 fully saturated rings. The summed E-state index contributed by atoms with van der Waals surface area (Å²) >= 11 is 0. The molecule has 7 heteroatoms. The van der Waals surface area contributed by atoms with Crippen LogP contribution in [0.2, 0.25) is 0 Å². The number of benzene rings is 1. The second-order valence-electron chi connectivity index (χ2n) is 3.92. The van der Waals surface area contributed by atoms with E-state index < -0.39 is 17.4 Å². The molecule has 1 aromatic carbocycles. The Labute approximate surface area is 115 Å². The number of primary amides is 1. The number of ether oxygens (including phenoxy) is 3. The number of rotatable bonds is 9. The van der Waals surface area contributed by atoms with E-state index in [1.165, 1.54) is 12.1 Å². The average molecular weight is 289 g/mol. The zero-order valence-corrected chi connectivity index (χ0v) is 11.1. The number of nitrogens with two attached hydrogens (primary N) is 1. The number of carbonyl (C=O) groups excluding carboxylic acids is 1. The maximum absolute atomic E-state index is 13.4. The molecule has 5 nitrogen and oxygen atoms in total. The highest BCUT2D eigenvalue weighted by molar-refractivity contribution is 5.83. The SMILES string of the molecule is COCCOCCOc1cccc(C(F)(F)C(N)=O)c1. The Hall–Kier alpha value is -1.73. The standard InChI is InChI=1S/C13H17F2NO4/c1-18-5-6-19-7-8-20-11-4-2-3-10(9-11)13(14,15)12(16)17/h2-4,9H,5-8H2,1H3,(H2,16,17). The molecule has 112 valence electrons. The fraction of sp³-hybridized carbons (Fsp3) is 0.462. The second-order valence-corrected chi connectivity index (χ2v) is 3.92. The molecule has 0 heterocycles. The van der Waals surface area contributed by atoms with Gasteiger partial charge in [-0.1, -0.05) is 12.1 Å². The monoisotopic (exact) mass is 289 g/mol. The van der Waals surface area contributed by atoms with Crippen LogP contribution >= 0.6 is 0 Å². The van der Waals surface area contributed by atoms with Crippen molar-refractivity contribution in [3.63, 3.8) is 0 Å². The summed E-state index contributed by atoms with van der Waals surface area (Å²) in [6, 6.07) is 5.08. The molecule has 0 spiro atoms. The van der Waals surface area contributed by atoms with Crippen LogP contribution in [0.4, 0.5) is 8.78 Å². The van der Waals surface area contributed by atoms with Gasteiger partial charge in [-0.25, -0.2) is 0 Å². The third kappa shape index (κ3) is 4.75. The van der Waals surface area contributed by atoms with Crippen molar-refractivity contribution >= 4 is 5.91 Å². The van der Waals surface area contributed by atoms with Crippen LogP contribution in [0.3, 0.4) is 0 Å². The lowest BCUT2D eigenvalue weighted by atomic mass is 10.1. The van der Waals surface area contributed by atoms with Gasteiger partial charge in [0.2, 0.25) is 0 Å². The van der Waals surface area contributed by atoms with Crippen LogP contribution in [0.15, 0.2) is 24.3 Å². The molecule has 20 heavy (non-hydrogen) atoms. The van der Waals surface area contributed by atoms with Crippen LogP contribution in [0.25, 0.3) is 0 Å². The Bertz CT molecular complexity index is 440. The number of methoxy groups -OCH3 is 1. The molecule has 0 aliphatic rings. The summed E-state index contributed by atoms with van der Waals surface area (Å²) in [6.45, 7) is 1.41. The van der Waals surface area contributed by atoms with Crippen molar-refractivity contribution in [2.45, 2.75) is 5.92 Å². The Balaban J connectivity index is 2.50. The Morgan fingerprint density at radius 3 is 2.60 bits per heavy atom. The van der Waals surface area contributed by atoms with Crippen molar-refractivity contribution in [2.24, 2.45) is 5.73 Å². The lowest BCUT2D eigenvalue weighted by molar-refractivity contribution is -0.143. The fourth-order valence-corrected chi connectivity index (χ4v) is 1.39. The molecule has 1 rings (SSSR count). The van der Waals surface area contributed by atoms with Crippen molar-refractivity contribution in [3.8, 4) is 5.75 Å². The van der Waals surface area contributed by atoms with Gasteiger partial charge < -0.3 is 19.9 Å². The first-order valence-electron chi connectivity index (χ1n) is 5.96. The minimum absolute atomic E-state index is 0.204. The zero-order valence-electron chi connectivity index (χ0n) is 11.1. The van der Waals surface area contributed by atoms with Gasteiger partial charge in [-0.05, 0) is 12.1 Å². The first-order chi connectivity index (χ1) is 9.48. The average Bonchev–Trinajstić information content (AvgIpc) is 2.43. The first-order valence-corrected chi connectivity index (χ1v) is 5.96. The van der Waals surface area contributed by atoms with E-state index in [0.29, 0.717) is 19.8 Å². The van der Waals surface area contributed by atoms with E-state index in [4.69, 9.17) is 14.2 Å². The Kier molecular flexibility index (Phi) is 6.33. The minimum atomic E-state index is -3.71. The van der Waals surface area contributed by atoms with Gasteiger partial charge in [0.25, 0.3) is 5.91 Å². The van der Waals surface area contributed by atoms with E-state index in [1.54, 1.807) is 7.11 Å². The quantitative estimate of drug-likeness (QED) is 0.696. The van der Waals surface area contributed by atoms with Crippen LogP contribution in [-0.2, 0) is 20.2 Å². The third-order valence-electron chi connectivity index (χ3n) is 2.43. The topological polar surface area (TPSA) is 70.8 Å². The van der Waals surface area contributed by atoms with Crippen LogP contribution in [0.5, 0.6) is 5.75 Å². The number of halogens is 2. The van der Waals surface area contributed by atoms with Gasteiger partial charge in [-0.3, -0.25) is 4.79 Å². The van der Waals surface area contributed by atoms with E-state index >= 15 is 0 Å². The summed E-state index contributed by atoms with van der Waals surface area (Å²) in [5, 5.41) is 0. The summed E-state index contributed by atoms with van der Waals surface area (Å²) in [5.74, 6) is -5.19. The molecule has 0 saturated heterocycles. The minimum Gasteiger partial charge on any atom is -0.491 e. The lowest BCUT2D eigenvalue weighted by Gasteiger charge is -2.14. The second kappa shape index (κ2) is 7.76. The number of carbonyl (C=O) groups is 1. The summed E-state index contributed by atoms with van der Waals surface area (Å²) in [6.07, 6.45) is 0. The van der Waals surface area contributed by atoms with Gasteiger partial charge >= 0.3 is 5.92 Å². The summed E-state index contributed by atoms with van der Waals surface area (Å²) in [7, 11) is 1.56. The molecule has 0 aliphatic carbocycles. The van der Waals surface area contributed by atoms with Crippen LogP contribution < -0.4 is 10.5 Å². The fourth-order valence-electron chi connectivity index (χ4n) is 1.39. The van der Waals surface area contributed by atoms with Crippen molar-refractivity contribution in [2.75, 3.05) is 33.5 Å². The molecule has 0 unspecified atom stereocenters. The van der Waals surface area contributed by atoms with E-state index in [-0.39, 0.29) is 12.4 Å². The van der Waals surface area contributed by atoms with Crippen molar-refractivity contribution < 1.29 is 27.8 Å². The highest BCUT2D eigenvalue weighted by atomic mass is 19.3. The number of alkyl halides is 2. The zero-order chi connectivity index (χ0) is 15.0. The molecule has 0 saturated carbocycles. The predicted octanol–water partition coefficient (Wildman–Crippen LogP) is 1.31. The highest BCUT2D eigenvalue weighted by Gasteiger charge is 2.38. The normalized spacial score (nSPS) is 11.3. The van der Waals surface area contributed by atoms with Crippen molar-refractivity contribution in [1.82, 2.24) is 0 Å². The van der Waals surface area contributed by atoms with E-state index in [1.807, 2.05) is 0 Å². The molecule has 0 aliphatic heterocycles. The smallest absolute Gasteiger partial charge is 0.349 e. The molecule has 1 aromatic rings. The van der Waals surface area contributed by atoms with Crippen LogP contribution in [0.1, 0.15) is 5.56 Å². The number of amides is 1. The molecule has 2 N–H and O–H groups in total. The summed E-state index contributed by atoms with van der Waals surface area (Å²) in [5.41, 5.74) is 4.16. The van der Waals surface area contributed by atoms with Gasteiger partial charge in [-0.2, -0.15) is 8.78 Å². The van der Waals surface area contributed by atoms with Gasteiger partial charge in [-0.15, -0.1) is 0 Å². The van der Waals surface area contributed by atoms with Gasteiger partial charge in [0.15, 0.2) is 0 Å². The number of hydrogen-bond acceptors (Lipinski definition) is 4. The van der Waals surface area contributed by atoms with Crippen molar-refractivity contribution in [1.29, 1.82) is 0 Å². The summed E-state index contributed by atoms with van der Waals surface area (Å²) in [4.78, 5) is 10.7. The molecule has 0 radical (unpaired) electrons. The highest BCUT2D eigenvalue weighted by Crippen LogP contribution is 2.29. The van der Waals surface area contributed by atoms with Gasteiger partial charge in [0, 0.05) is 12.7 Å². The molecular weight excluding hydrogens is 272 g/mol. The molecular formula is C13H17F2NO4. The van der Waals surface area contributed by atoms with E-state index in [0.717, 1.165) is 12.1 Å². The van der Waals surface area contributed by atoms with Crippen LogP contribution in [-0.4, -0.2) is 39.4 Å². The first kappa shape index (κ1) is 16.3. The third-order valence-corrected chi connectivity index (χ3v) is 2.43. The van der Waals surface area contributed by atoms with Crippen molar-refractivity contribution in [3.05, 3.63) is 29.8 Å². The maximum atomic E-state index is 13.4. The molecule has 0 aromatic heterocycles. The largest absolute Gasteiger partial charge is 0.491 e. The van der Waals surface area contributed by atoms with Crippen LogP contribution in [0, 0.1) is 0 Å². The predicted molar refractivity (Wildman–Crippen MR) is 67.7 cm³/mol. The number of hydrogen-bond donors (Lipinski definition) is 1. The Morgan fingerprint density at radius 2 is 1.95 bits per heavy atom.